The molecule has 0 amide bonds. The van der Waals surface area contributed by atoms with Crippen LogP contribution in [0.15, 0.2) is 46.9 Å². The zero-order valence-corrected chi connectivity index (χ0v) is 12.1. The minimum atomic E-state index is 0.146. The zero-order valence-electron chi connectivity index (χ0n) is 10.5. The van der Waals surface area contributed by atoms with E-state index in [0.717, 1.165) is 15.7 Å². The van der Waals surface area contributed by atoms with Gasteiger partial charge in [0.25, 0.3) is 0 Å². The summed E-state index contributed by atoms with van der Waals surface area (Å²) in [7, 11) is 1.53. The fourth-order valence-corrected chi connectivity index (χ4v) is 2.17. The van der Waals surface area contributed by atoms with Crippen molar-refractivity contribution in [2.24, 2.45) is 0 Å². The van der Waals surface area contributed by atoms with Gasteiger partial charge in [0.05, 0.1) is 7.11 Å². The Labute approximate surface area is 120 Å². The molecule has 0 atom stereocenters. The van der Waals surface area contributed by atoms with Crippen molar-refractivity contribution in [2.75, 3.05) is 12.5 Å². The van der Waals surface area contributed by atoms with Gasteiger partial charge >= 0.3 is 0 Å². The summed E-state index contributed by atoms with van der Waals surface area (Å²) in [5.41, 5.74) is 7.82. The number of phenolic OH excluding ortho intramolecular Hbond substituents is 1. The van der Waals surface area contributed by atoms with E-state index in [-0.39, 0.29) is 5.75 Å². The van der Waals surface area contributed by atoms with Gasteiger partial charge < -0.3 is 15.3 Å². The summed E-state index contributed by atoms with van der Waals surface area (Å²) in [5, 5.41) is 10.00. The fourth-order valence-electron chi connectivity index (χ4n) is 1.68. The molecule has 100 valence electrons. The highest BCUT2D eigenvalue weighted by molar-refractivity contribution is 9.10. The number of phenols is 1. The summed E-state index contributed by atoms with van der Waals surface area (Å²) in [4.78, 5) is 0. The van der Waals surface area contributed by atoms with Crippen LogP contribution in [0.1, 0.15) is 5.56 Å². The first-order valence-corrected chi connectivity index (χ1v) is 6.59. The molecule has 19 heavy (non-hydrogen) atoms. The van der Waals surface area contributed by atoms with Crippen molar-refractivity contribution in [2.45, 2.75) is 6.54 Å². The third kappa shape index (κ3) is 3.62. The third-order valence-corrected chi connectivity index (χ3v) is 3.08. The molecular weight excluding hydrogens is 308 g/mol. The van der Waals surface area contributed by atoms with Gasteiger partial charge in [-0.25, -0.2) is 5.43 Å². The van der Waals surface area contributed by atoms with Crippen LogP contribution in [0.4, 0.5) is 5.69 Å². The van der Waals surface area contributed by atoms with E-state index in [2.05, 4.69) is 26.8 Å². The molecule has 0 aliphatic carbocycles. The molecule has 2 aromatic carbocycles. The van der Waals surface area contributed by atoms with Gasteiger partial charge in [0, 0.05) is 22.3 Å². The molecule has 0 heterocycles. The molecule has 0 aromatic heterocycles. The number of hydrogen-bond acceptors (Lipinski definition) is 4. The monoisotopic (exact) mass is 322 g/mol. The van der Waals surface area contributed by atoms with Crippen LogP contribution in [0.25, 0.3) is 0 Å². The van der Waals surface area contributed by atoms with Gasteiger partial charge in [-0.05, 0) is 24.3 Å². The number of aromatic hydroxyl groups is 1. The van der Waals surface area contributed by atoms with Crippen LogP contribution in [0.3, 0.4) is 0 Å². The van der Waals surface area contributed by atoms with Crippen molar-refractivity contribution in [1.82, 2.24) is 5.43 Å². The Balaban J connectivity index is 2.02. The van der Waals surface area contributed by atoms with Gasteiger partial charge in [-0.3, -0.25) is 0 Å². The van der Waals surface area contributed by atoms with Crippen molar-refractivity contribution < 1.29 is 9.84 Å². The smallest absolute Gasteiger partial charge is 0.162 e. The highest BCUT2D eigenvalue weighted by Crippen LogP contribution is 2.33. The predicted molar refractivity (Wildman–Crippen MR) is 79.3 cm³/mol. The first-order valence-electron chi connectivity index (χ1n) is 5.80. The molecule has 0 fully saturated rings. The second-order valence-electron chi connectivity index (χ2n) is 3.96. The third-order valence-electron chi connectivity index (χ3n) is 2.62. The van der Waals surface area contributed by atoms with Crippen molar-refractivity contribution in [3.8, 4) is 11.5 Å². The molecule has 0 bridgehead atoms. The summed E-state index contributed by atoms with van der Waals surface area (Å²) in [6.07, 6.45) is 0. The van der Waals surface area contributed by atoms with Crippen LogP contribution in [-0.2, 0) is 6.54 Å². The number of anilines is 1. The molecule has 0 unspecified atom stereocenters. The zero-order chi connectivity index (χ0) is 13.7. The van der Waals surface area contributed by atoms with Gasteiger partial charge in [-0.2, -0.15) is 0 Å². The minimum absolute atomic E-state index is 0.146. The normalized spacial score (nSPS) is 10.2. The highest BCUT2D eigenvalue weighted by atomic mass is 79.9. The van der Waals surface area contributed by atoms with Crippen molar-refractivity contribution in [3.63, 3.8) is 0 Å². The summed E-state index contributed by atoms with van der Waals surface area (Å²) in [5.74, 6) is 0.596. The summed E-state index contributed by atoms with van der Waals surface area (Å²) < 4.78 is 5.96. The topological polar surface area (TPSA) is 53.5 Å². The molecule has 5 heteroatoms. The number of hydrazine groups is 1. The van der Waals surface area contributed by atoms with Crippen molar-refractivity contribution >= 4 is 21.6 Å². The predicted octanol–water partition coefficient (Wildman–Crippen LogP) is 3.28. The number of rotatable bonds is 5. The quantitative estimate of drug-likeness (QED) is 0.739. The molecule has 0 saturated carbocycles. The maximum absolute atomic E-state index is 10.00. The molecular formula is C14H15BrN2O2. The van der Waals surface area contributed by atoms with Crippen LogP contribution in [-0.4, -0.2) is 12.2 Å². The highest BCUT2D eigenvalue weighted by Gasteiger charge is 2.09. The Bertz CT molecular complexity index is 547. The molecule has 2 aromatic rings. The summed E-state index contributed by atoms with van der Waals surface area (Å²) >= 11 is 3.39. The molecule has 0 aliphatic rings. The van der Waals surface area contributed by atoms with Crippen molar-refractivity contribution in [3.05, 3.63) is 52.5 Å². The lowest BCUT2D eigenvalue weighted by molar-refractivity contribution is 0.369. The van der Waals surface area contributed by atoms with E-state index in [1.165, 1.54) is 7.11 Å². The maximum Gasteiger partial charge on any atom is 0.162 e. The number of methoxy groups -OCH3 is 1. The summed E-state index contributed by atoms with van der Waals surface area (Å²) in [6, 6.07) is 13.3. The summed E-state index contributed by atoms with van der Waals surface area (Å²) in [6.45, 7) is 0.469. The maximum atomic E-state index is 10.00. The van der Waals surface area contributed by atoms with Gasteiger partial charge in [0.15, 0.2) is 11.5 Å². The van der Waals surface area contributed by atoms with Crippen LogP contribution < -0.4 is 15.6 Å². The van der Waals surface area contributed by atoms with Crippen LogP contribution in [0, 0.1) is 0 Å². The second kappa shape index (κ2) is 6.45. The minimum Gasteiger partial charge on any atom is -0.504 e. The van der Waals surface area contributed by atoms with E-state index in [4.69, 9.17) is 4.74 Å². The number of halogens is 1. The molecule has 2 rings (SSSR count). The molecule has 0 aliphatic heterocycles. The van der Waals surface area contributed by atoms with E-state index in [1.807, 2.05) is 36.4 Å². The lowest BCUT2D eigenvalue weighted by Crippen LogP contribution is -2.20. The van der Waals surface area contributed by atoms with E-state index in [1.54, 1.807) is 6.07 Å². The van der Waals surface area contributed by atoms with Crippen LogP contribution >= 0.6 is 15.9 Å². The van der Waals surface area contributed by atoms with Gasteiger partial charge in [0.2, 0.25) is 0 Å². The lowest BCUT2D eigenvalue weighted by Gasteiger charge is -2.12. The Kier molecular flexibility index (Phi) is 4.65. The number of para-hydroxylation sites is 1. The second-order valence-corrected chi connectivity index (χ2v) is 4.88. The molecule has 4 nitrogen and oxygen atoms in total. The largest absolute Gasteiger partial charge is 0.504 e. The molecule has 0 radical (unpaired) electrons. The molecule has 0 spiro atoms. The Morgan fingerprint density at radius 1 is 1.21 bits per heavy atom. The number of hydrogen-bond donors (Lipinski definition) is 3. The SMILES string of the molecule is COc1cc(Br)cc(CNNc2ccccc2)c1O. The van der Waals surface area contributed by atoms with Crippen LogP contribution in [0.2, 0.25) is 0 Å². The average Bonchev–Trinajstić information content (AvgIpc) is 2.43. The van der Waals surface area contributed by atoms with E-state index in [9.17, 15) is 5.11 Å². The fraction of sp³-hybridized carbons (Fsp3) is 0.143. The Morgan fingerprint density at radius 2 is 1.95 bits per heavy atom. The van der Waals surface area contributed by atoms with Gasteiger partial charge in [0.1, 0.15) is 0 Å². The van der Waals surface area contributed by atoms with E-state index >= 15 is 0 Å². The first-order chi connectivity index (χ1) is 9.20. The lowest BCUT2D eigenvalue weighted by atomic mass is 10.2. The van der Waals surface area contributed by atoms with Gasteiger partial charge in [-0.15, -0.1) is 0 Å². The first kappa shape index (κ1) is 13.7. The Hall–Kier alpha value is -1.72. The van der Waals surface area contributed by atoms with Crippen molar-refractivity contribution in [1.29, 1.82) is 0 Å². The standard InChI is InChI=1S/C14H15BrN2O2/c1-19-13-8-11(15)7-10(14(13)18)9-16-17-12-5-3-2-4-6-12/h2-8,16-18H,9H2,1H3. The van der Waals surface area contributed by atoms with E-state index in [0.29, 0.717) is 12.3 Å². The number of ether oxygens (including phenoxy) is 1. The van der Waals surface area contributed by atoms with Gasteiger partial charge in [-0.1, -0.05) is 34.1 Å². The molecule has 0 saturated heterocycles. The molecule has 3 N–H and O–H groups in total. The number of benzene rings is 2. The van der Waals surface area contributed by atoms with E-state index < -0.39 is 0 Å². The number of nitrogens with one attached hydrogen (secondary N) is 2. The van der Waals surface area contributed by atoms with Crippen LogP contribution in [0.5, 0.6) is 11.5 Å². The Morgan fingerprint density at radius 3 is 2.63 bits per heavy atom. The average molecular weight is 323 g/mol.